The number of nitrogens with zero attached hydrogens (tertiary/aromatic N) is 1. The molecule has 118 valence electrons. The minimum Gasteiger partial charge on any atom is -0.385 e. The van der Waals surface area contributed by atoms with Crippen LogP contribution < -0.4 is 10.6 Å². The second kappa shape index (κ2) is 8.61. The molecule has 1 aliphatic heterocycles. The van der Waals surface area contributed by atoms with Crippen LogP contribution in [-0.2, 0) is 13.0 Å². The van der Waals surface area contributed by atoms with Crippen LogP contribution in [0.3, 0.4) is 0 Å². The predicted molar refractivity (Wildman–Crippen MR) is 93.2 cm³/mol. The molecule has 22 heavy (non-hydrogen) atoms. The molecule has 2 N–H and O–H groups in total. The molecule has 0 saturated heterocycles. The number of carbonyl (C=O) groups excluding carboxylic acids is 1. The van der Waals surface area contributed by atoms with E-state index in [0.29, 0.717) is 6.54 Å². The number of carbonyl (C=O) groups is 1. The zero-order valence-electron chi connectivity index (χ0n) is 12.0. The lowest BCUT2D eigenvalue weighted by molar-refractivity contribution is 0.0950. The van der Waals surface area contributed by atoms with E-state index < -0.39 is 0 Å². The second-order valence-electron chi connectivity index (χ2n) is 4.90. The normalized spacial score (nSPS) is 12.0. The zero-order valence-corrected chi connectivity index (χ0v) is 13.7. The monoisotopic (exact) mass is 339 g/mol. The van der Waals surface area contributed by atoms with Gasteiger partial charge in [-0.05, 0) is 48.2 Å². The Kier molecular flexibility index (Phi) is 7.15. The third-order valence-electron chi connectivity index (χ3n) is 3.54. The number of anilines is 1. The van der Waals surface area contributed by atoms with E-state index >= 15 is 0 Å². The maximum Gasteiger partial charge on any atom is 0.251 e. The van der Waals surface area contributed by atoms with E-state index in [9.17, 15) is 4.79 Å². The molecule has 3 rings (SSSR count). The Balaban J connectivity index is 0.00000121. The molecule has 0 saturated carbocycles. The van der Waals surface area contributed by atoms with Gasteiger partial charge in [-0.1, -0.05) is 6.07 Å². The summed E-state index contributed by atoms with van der Waals surface area (Å²) in [6, 6.07) is 9.67. The molecule has 0 bridgehead atoms. The molecule has 0 aliphatic carbocycles. The van der Waals surface area contributed by atoms with Gasteiger partial charge in [-0.2, -0.15) is 0 Å². The van der Waals surface area contributed by atoms with Crippen LogP contribution in [0.2, 0.25) is 0 Å². The zero-order chi connectivity index (χ0) is 13.8. The average Bonchev–Trinajstić information content (AvgIpc) is 2.53. The summed E-state index contributed by atoms with van der Waals surface area (Å²) in [7, 11) is 0. The van der Waals surface area contributed by atoms with Crippen molar-refractivity contribution >= 4 is 36.4 Å². The number of pyridine rings is 1. The van der Waals surface area contributed by atoms with Crippen LogP contribution in [-0.4, -0.2) is 17.4 Å². The number of hydrogen-bond acceptors (Lipinski definition) is 3. The van der Waals surface area contributed by atoms with Gasteiger partial charge in [0.25, 0.3) is 5.91 Å². The van der Waals surface area contributed by atoms with Gasteiger partial charge in [0.2, 0.25) is 0 Å². The fourth-order valence-electron chi connectivity index (χ4n) is 2.50. The minimum absolute atomic E-state index is 0. The molecular formula is C16H19Cl2N3O. The van der Waals surface area contributed by atoms with Crippen LogP contribution in [0.4, 0.5) is 5.69 Å². The van der Waals surface area contributed by atoms with Crippen LogP contribution >= 0.6 is 24.8 Å². The molecule has 2 aromatic rings. The van der Waals surface area contributed by atoms with Gasteiger partial charge in [0.05, 0.1) is 0 Å². The SMILES string of the molecule is Cl.Cl.O=C(NCc1ccncc1)c1cccc2c1CCCN2. The first-order chi connectivity index (χ1) is 9.84. The van der Waals surface area contributed by atoms with Crippen molar-refractivity contribution in [1.29, 1.82) is 0 Å². The van der Waals surface area contributed by atoms with Crippen molar-refractivity contribution in [2.75, 3.05) is 11.9 Å². The Morgan fingerprint density at radius 2 is 1.95 bits per heavy atom. The van der Waals surface area contributed by atoms with Gasteiger partial charge in [-0.3, -0.25) is 9.78 Å². The van der Waals surface area contributed by atoms with Gasteiger partial charge < -0.3 is 10.6 Å². The fraction of sp³-hybridized carbons (Fsp3) is 0.250. The highest BCUT2D eigenvalue weighted by atomic mass is 35.5. The number of amides is 1. The molecule has 1 amide bonds. The summed E-state index contributed by atoms with van der Waals surface area (Å²) in [6.07, 6.45) is 5.49. The van der Waals surface area contributed by atoms with E-state index in [0.717, 1.165) is 41.8 Å². The third-order valence-corrected chi connectivity index (χ3v) is 3.54. The van der Waals surface area contributed by atoms with Crippen molar-refractivity contribution in [3.63, 3.8) is 0 Å². The molecule has 0 atom stereocenters. The first-order valence-corrected chi connectivity index (χ1v) is 6.87. The second-order valence-corrected chi connectivity index (χ2v) is 4.90. The van der Waals surface area contributed by atoms with Crippen molar-refractivity contribution in [2.24, 2.45) is 0 Å². The summed E-state index contributed by atoms with van der Waals surface area (Å²) in [5, 5.41) is 6.31. The average molecular weight is 340 g/mol. The highest BCUT2D eigenvalue weighted by molar-refractivity contribution is 5.97. The number of fused-ring (bicyclic) bond motifs is 1. The van der Waals surface area contributed by atoms with Crippen LogP contribution in [0, 0.1) is 0 Å². The lowest BCUT2D eigenvalue weighted by Gasteiger charge is -2.20. The Morgan fingerprint density at radius 3 is 2.73 bits per heavy atom. The van der Waals surface area contributed by atoms with Crippen LogP contribution in [0.15, 0.2) is 42.7 Å². The lowest BCUT2D eigenvalue weighted by Crippen LogP contribution is -2.25. The summed E-state index contributed by atoms with van der Waals surface area (Å²) in [6.45, 7) is 1.51. The van der Waals surface area contributed by atoms with E-state index in [4.69, 9.17) is 0 Å². The largest absolute Gasteiger partial charge is 0.385 e. The van der Waals surface area contributed by atoms with Gasteiger partial charge in [-0.25, -0.2) is 0 Å². The third kappa shape index (κ3) is 4.12. The van der Waals surface area contributed by atoms with E-state index in [1.54, 1.807) is 12.4 Å². The Morgan fingerprint density at radius 1 is 1.18 bits per heavy atom. The number of rotatable bonds is 3. The maximum absolute atomic E-state index is 12.3. The quantitative estimate of drug-likeness (QED) is 0.902. The van der Waals surface area contributed by atoms with E-state index in [2.05, 4.69) is 15.6 Å². The number of halogens is 2. The summed E-state index contributed by atoms with van der Waals surface area (Å²) in [5.74, 6) is -0.0117. The number of aromatic nitrogens is 1. The van der Waals surface area contributed by atoms with Crippen molar-refractivity contribution in [3.8, 4) is 0 Å². The maximum atomic E-state index is 12.3. The van der Waals surface area contributed by atoms with Crippen molar-refractivity contribution in [2.45, 2.75) is 19.4 Å². The Hall–Kier alpha value is -1.78. The van der Waals surface area contributed by atoms with Gasteiger partial charge in [-0.15, -0.1) is 24.8 Å². The number of benzene rings is 1. The smallest absolute Gasteiger partial charge is 0.251 e. The summed E-state index contributed by atoms with van der Waals surface area (Å²) in [5.41, 5.74) is 4.05. The Labute approximate surface area is 142 Å². The molecule has 6 heteroatoms. The molecule has 1 aromatic heterocycles. The summed E-state index contributed by atoms with van der Waals surface area (Å²) < 4.78 is 0. The molecule has 0 radical (unpaired) electrons. The van der Waals surface area contributed by atoms with Crippen molar-refractivity contribution in [1.82, 2.24) is 10.3 Å². The molecule has 0 spiro atoms. The van der Waals surface area contributed by atoms with Crippen LogP contribution in [0.25, 0.3) is 0 Å². The molecule has 0 fully saturated rings. The summed E-state index contributed by atoms with van der Waals surface area (Å²) in [4.78, 5) is 16.3. The van der Waals surface area contributed by atoms with Crippen molar-refractivity contribution in [3.05, 3.63) is 59.4 Å². The van der Waals surface area contributed by atoms with Gasteiger partial charge in [0, 0.05) is 36.7 Å². The number of nitrogens with one attached hydrogen (secondary N) is 2. The fourth-order valence-corrected chi connectivity index (χ4v) is 2.50. The topological polar surface area (TPSA) is 54.0 Å². The number of hydrogen-bond donors (Lipinski definition) is 2. The van der Waals surface area contributed by atoms with Crippen LogP contribution in [0.1, 0.15) is 27.9 Å². The van der Waals surface area contributed by atoms with Gasteiger partial charge >= 0.3 is 0 Å². The van der Waals surface area contributed by atoms with E-state index in [-0.39, 0.29) is 30.7 Å². The molecule has 2 heterocycles. The highest BCUT2D eigenvalue weighted by Gasteiger charge is 2.16. The lowest BCUT2D eigenvalue weighted by atomic mass is 9.97. The molecule has 0 unspecified atom stereocenters. The predicted octanol–water partition coefficient (Wildman–Crippen LogP) is 3.21. The first kappa shape index (κ1) is 18.3. The molecular weight excluding hydrogens is 321 g/mol. The van der Waals surface area contributed by atoms with E-state index in [1.165, 1.54) is 0 Å². The Bertz CT molecular complexity index is 620. The van der Waals surface area contributed by atoms with Gasteiger partial charge in [0.1, 0.15) is 0 Å². The first-order valence-electron chi connectivity index (χ1n) is 6.87. The molecule has 4 nitrogen and oxygen atoms in total. The molecule has 1 aliphatic rings. The van der Waals surface area contributed by atoms with Crippen molar-refractivity contribution < 1.29 is 4.79 Å². The van der Waals surface area contributed by atoms with Crippen LogP contribution in [0.5, 0.6) is 0 Å². The molecule has 1 aromatic carbocycles. The van der Waals surface area contributed by atoms with E-state index in [1.807, 2.05) is 30.3 Å². The standard InChI is InChI=1S/C16H17N3O.2ClH/c20-16(19-11-12-6-9-17-10-7-12)14-3-1-5-15-13(14)4-2-8-18-15;;/h1,3,5-7,9-10,18H,2,4,8,11H2,(H,19,20);2*1H. The minimum atomic E-state index is -0.0117. The summed E-state index contributed by atoms with van der Waals surface area (Å²) >= 11 is 0. The highest BCUT2D eigenvalue weighted by Crippen LogP contribution is 2.25. The van der Waals surface area contributed by atoms with Gasteiger partial charge in [0.15, 0.2) is 0 Å².